The van der Waals surface area contributed by atoms with Crippen LogP contribution in [0.5, 0.6) is 0 Å². The zero-order valence-corrected chi connectivity index (χ0v) is 17.2. The normalized spacial score (nSPS) is 18.3. The van der Waals surface area contributed by atoms with Crippen molar-refractivity contribution in [3.8, 4) is 0 Å². The molecule has 0 N–H and O–H groups in total. The molecule has 0 bridgehead atoms. The molecule has 3 aromatic rings. The minimum absolute atomic E-state index is 0.174. The lowest BCUT2D eigenvalue weighted by molar-refractivity contribution is -0.145. The van der Waals surface area contributed by atoms with Gasteiger partial charge in [-0.25, -0.2) is 4.98 Å². The first-order valence-corrected chi connectivity index (χ1v) is 10.6. The number of carbonyl (C=O) groups excluding carboxylic acids is 1. The van der Waals surface area contributed by atoms with Gasteiger partial charge in [0.2, 0.25) is 5.91 Å². The standard InChI is InChI=1S/C23H28N4O2/c1-3-25-16-24-22-20(25)8-11-27(23(22)9-12-29-13-10-23)21(28)15-26-17(2)14-18-6-4-5-7-19(18)26/h4-7,14,16H,3,8-13,15H2,1-2H3. The van der Waals surface area contributed by atoms with Gasteiger partial charge in [-0.1, -0.05) is 18.2 Å². The Hall–Kier alpha value is -2.60. The third kappa shape index (κ3) is 2.81. The monoisotopic (exact) mass is 392 g/mol. The lowest BCUT2D eigenvalue weighted by atomic mass is 9.80. The van der Waals surface area contributed by atoms with E-state index in [4.69, 9.17) is 9.72 Å². The van der Waals surface area contributed by atoms with Gasteiger partial charge in [0.25, 0.3) is 0 Å². The largest absolute Gasteiger partial charge is 0.381 e. The summed E-state index contributed by atoms with van der Waals surface area (Å²) < 4.78 is 10.1. The molecule has 0 radical (unpaired) electrons. The highest BCUT2D eigenvalue weighted by Crippen LogP contribution is 2.42. The number of hydrogen-bond acceptors (Lipinski definition) is 3. The van der Waals surface area contributed by atoms with Crippen molar-refractivity contribution in [3.63, 3.8) is 0 Å². The van der Waals surface area contributed by atoms with Gasteiger partial charge in [0, 0.05) is 49.6 Å². The number of amides is 1. The van der Waals surface area contributed by atoms with E-state index >= 15 is 0 Å². The zero-order chi connectivity index (χ0) is 20.0. The molecular formula is C23H28N4O2. The predicted octanol–water partition coefficient (Wildman–Crippen LogP) is 3.26. The quantitative estimate of drug-likeness (QED) is 0.688. The third-order valence-corrected chi connectivity index (χ3v) is 6.75. The highest BCUT2D eigenvalue weighted by molar-refractivity contribution is 5.84. The number of aryl methyl sites for hydroxylation is 2. The smallest absolute Gasteiger partial charge is 0.243 e. The van der Waals surface area contributed by atoms with E-state index in [9.17, 15) is 4.79 Å². The van der Waals surface area contributed by atoms with Crippen LogP contribution >= 0.6 is 0 Å². The Bertz CT molecular complexity index is 1060. The van der Waals surface area contributed by atoms with Crippen molar-refractivity contribution in [2.75, 3.05) is 19.8 Å². The van der Waals surface area contributed by atoms with Crippen LogP contribution in [-0.4, -0.2) is 44.7 Å². The second kappa shape index (κ2) is 7.02. The molecular weight excluding hydrogens is 364 g/mol. The summed E-state index contributed by atoms with van der Waals surface area (Å²) in [6.45, 7) is 7.60. The van der Waals surface area contributed by atoms with E-state index < -0.39 is 0 Å². The molecule has 152 valence electrons. The third-order valence-electron chi connectivity index (χ3n) is 6.75. The molecule has 2 aliphatic rings. The Balaban J connectivity index is 1.52. The van der Waals surface area contributed by atoms with Crippen molar-refractivity contribution < 1.29 is 9.53 Å². The molecule has 6 nitrogen and oxygen atoms in total. The van der Waals surface area contributed by atoms with Gasteiger partial charge in [0.05, 0.1) is 17.6 Å². The van der Waals surface area contributed by atoms with Crippen LogP contribution < -0.4 is 0 Å². The second-order valence-corrected chi connectivity index (χ2v) is 8.20. The fourth-order valence-corrected chi connectivity index (χ4v) is 5.25. The van der Waals surface area contributed by atoms with Gasteiger partial charge < -0.3 is 18.8 Å². The van der Waals surface area contributed by atoms with Crippen molar-refractivity contribution in [3.05, 3.63) is 53.7 Å². The van der Waals surface area contributed by atoms with Crippen LogP contribution in [0, 0.1) is 6.92 Å². The van der Waals surface area contributed by atoms with Crippen molar-refractivity contribution in [1.82, 2.24) is 19.0 Å². The van der Waals surface area contributed by atoms with Crippen LogP contribution in [0.1, 0.15) is 36.8 Å². The number of nitrogens with zero attached hydrogens (tertiary/aromatic N) is 4. The van der Waals surface area contributed by atoms with E-state index in [0.29, 0.717) is 19.8 Å². The molecule has 1 fully saturated rings. The maximum atomic E-state index is 13.7. The second-order valence-electron chi connectivity index (χ2n) is 8.20. The van der Waals surface area contributed by atoms with Crippen molar-refractivity contribution in [2.45, 2.75) is 51.7 Å². The topological polar surface area (TPSA) is 52.3 Å². The fourth-order valence-electron chi connectivity index (χ4n) is 5.25. The van der Waals surface area contributed by atoms with Crippen LogP contribution in [0.4, 0.5) is 0 Å². The summed E-state index contributed by atoms with van der Waals surface area (Å²) in [6, 6.07) is 10.4. The van der Waals surface area contributed by atoms with Gasteiger partial charge in [-0.3, -0.25) is 4.79 Å². The number of ether oxygens (including phenoxy) is 1. The summed E-state index contributed by atoms with van der Waals surface area (Å²) in [5.41, 5.74) is 4.29. The van der Waals surface area contributed by atoms with Crippen LogP contribution in [0.25, 0.3) is 10.9 Å². The average Bonchev–Trinajstić information content (AvgIpc) is 3.30. The minimum Gasteiger partial charge on any atom is -0.381 e. The lowest BCUT2D eigenvalue weighted by Crippen LogP contribution is -2.57. The number of hydrogen-bond donors (Lipinski definition) is 0. The van der Waals surface area contributed by atoms with Gasteiger partial charge in [0.1, 0.15) is 6.54 Å². The van der Waals surface area contributed by atoms with Crippen molar-refractivity contribution >= 4 is 16.8 Å². The molecule has 5 rings (SSSR count). The molecule has 0 saturated carbocycles. The first kappa shape index (κ1) is 18.4. The van der Waals surface area contributed by atoms with Crippen molar-refractivity contribution in [2.24, 2.45) is 0 Å². The van der Waals surface area contributed by atoms with Crippen LogP contribution in [0.2, 0.25) is 0 Å². The minimum atomic E-state index is -0.333. The summed E-state index contributed by atoms with van der Waals surface area (Å²) >= 11 is 0. The molecule has 4 heterocycles. The molecule has 0 unspecified atom stereocenters. The first-order chi connectivity index (χ1) is 14.1. The van der Waals surface area contributed by atoms with Crippen LogP contribution in [0.3, 0.4) is 0 Å². The number of fused-ring (bicyclic) bond motifs is 3. The van der Waals surface area contributed by atoms with Gasteiger partial charge >= 0.3 is 0 Å². The molecule has 1 aromatic carbocycles. The number of imidazole rings is 1. The molecule has 2 aromatic heterocycles. The van der Waals surface area contributed by atoms with Crippen LogP contribution in [-0.2, 0) is 34.6 Å². The maximum Gasteiger partial charge on any atom is 0.243 e. The Kier molecular flexibility index (Phi) is 4.46. The Morgan fingerprint density at radius 3 is 2.83 bits per heavy atom. The number of rotatable bonds is 3. The predicted molar refractivity (Wildman–Crippen MR) is 112 cm³/mol. The highest BCUT2D eigenvalue weighted by Gasteiger charge is 2.48. The molecule has 0 atom stereocenters. The first-order valence-electron chi connectivity index (χ1n) is 10.6. The summed E-state index contributed by atoms with van der Waals surface area (Å²) in [6.07, 6.45) is 4.44. The van der Waals surface area contributed by atoms with E-state index in [-0.39, 0.29) is 11.4 Å². The highest BCUT2D eigenvalue weighted by atomic mass is 16.5. The molecule has 6 heteroatoms. The molecule has 2 aliphatic heterocycles. The van der Waals surface area contributed by atoms with E-state index in [1.807, 2.05) is 18.5 Å². The Labute approximate surface area is 171 Å². The molecule has 29 heavy (non-hydrogen) atoms. The average molecular weight is 393 g/mol. The lowest BCUT2D eigenvalue weighted by Gasteiger charge is -2.48. The zero-order valence-electron chi connectivity index (χ0n) is 17.2. The van der Waals surface area contributed by atoms with E-state index in [1.165, 1.54) is 11.1 Å². The number of carbonyl (C=O) groups is 1. The van der Waals surface area contributed by atoms with Crippen LogP contribution in [0.15, 0.2) is 36.7 Å². The van der Waals surface area contributed by atoms with E-state index in [2.05, 4.69) is 46.1 Å². The fraction of sp³-hybridized carbons (Fsp3) is 0.478. The summed E-state index contributed by atoms with van der Waals surface area (Å²) in [4.78, 5) is 20.6. The Morgan fingerprint density at radius 1 is 1.24 bits per heavy atom. The maximum absolute atomic E-state index is 13.7. The summed E-state index contributed by atoms with van der Waals surface area (Å²) in [5, 5.41) is 1.18. The summed E-state index contributed by atoms with van der Waals surface area (Å²) in [5.74, 6) is 0.174. The molecule has 0 aliphatic carbocycles. The van der Waals surface area contributed by atoms with Gasteiger partial charge in [-0.05, 0) is 44.2 Å². The molecule has 1 spiro atoms. The van der Waals surface area contributed by atoms with Gasteiger partial charge in [-0.2, -0.15) is 0 Å². The van der Waals surface area contributed by atoms with Gasteiger partial charge in [-0.15, -0.1) is 0 Å². The number of para-hydroxylation sites is 1. The molecule has 1 saturated heterocycles. The SMILES string of the molecule is CCn1cnc2c1CCN(C(=O)Cn1c(C)cc3ccccc31)C21CCOCC1. The number of aromatic nitrogens is 3. The van der Waals surface area contributed by atoms with Crippen molar-refractivity contribution in [1.29, 1.82) is 0 Å². The molecule has 1 amide bonds. The Morgan fingerprint density at radius 2 is 2.03 bits per heavy atom. The van der Waals surface area contributed by atoms with E-state index in [0.717, 1.165) is 49.3 Å². The van der Waals surface area contributed by atoms with Gasteiger partial charge in [0.15, 0.2) is 0 Å². The summed E-state index contributed by atoms with van der Waals surface area (Å²) in [7, 11) is 0. The number of benzene rings is 1. The van der Waals surface area contributed by atoms with E-state index in [1.54, 1.807) is 0 Å².